The van der Waals surface area contributed by atoms with Crippen molar-refractivity contribution in [3.05, 3.63) is 23.8 Å². The summed E-state index contributed by atoms with van der Waals surface area (Å²) in [6.07, 6.45) is 1.80. The van der Waals surface area contributed by atoms with Crippen LogP contribution in [-0.4, -0.2) is 19.8 Å². The van der Waals surface area contributed by atoms with E-state index in [0.29, 0.717) is 13.2 Å². The molecule has 1 aromatic carbocycles. The molecule has 0 amide bonds. The van der Waals surface area contributed by atoms with Crippen molar-refractivity contribution in [1.29, 1.82) is 5.26 Å². The molecule has 0 spiro atoms. The Morgan fingerprint density at radius 1 is 1.32 bits per heavy atom. The van der Waals surface area contributed by atoms with Gasteiger partial charge in [0.15, 0.2) is 11.5 Å². The van der Waals surface area contributed by atoms with Crippen LogP contribution in [0, 0.1) is 17.2 Å². The number of hydrogen-bond donors (Lipinski definition) is 1. The summed E-state index contributed by atoms with van der Waals surface area (Å²) in [6.45, 7) is 4.92. The molecule has 1 aliphatic heterocycles. The summed E-state index contributed by atoms with van der Waals surface area (Å²) in [5.41, 5.74) is 1.15. The summed E-state index contributed by atoms with van der Waals surface area (Å²) in [5, 5.41) is 12.2. The van der Waals surface area contributed by atoms with Crippen LogP contribution in [0.25, 0.3) is 0 Å². The number of fused-ring (bicyclic) bond motifs is 1. The van der Waals surface area contributed by atoms with Crippen LogP contribution in [0.2, 0.25) is 0 Å². The first-order chi connectivity index (χ1) is 9.33. The monoisotopic (exact) mass is 260 g/mol. The van der Waals surface area contributed by atoms with Crippen molar-refractivity contribution in [3.63, 3.8) is 0 Å². The number of nitrogens with zero attached hydrogens (tertiary/aromatic N) is 1. The van der Waals surface area contributed by atoms with E-state index in [1.807, 2.05) is 25.1 Å². The Labute approximate surface area is 114 Å². The summed E-state index contributed by atoms with van der Waals surface area (Å²) >= 11 is 0. The maximum atomic E-state index is 8.89. The minimum atomic E-state index is 0.0837. The van der Waals surface area contributed by atoms with Crippen molar-refractivity contribution >= 4 is 0 Å². The highest BCUT2D eigenvalue weighted by molar-refractivity contribution is 5.43. The Kier molecular flexibility index (Phi) is 5.05. The van der Waals surface area contributed by atoms with Gasteiger partial charge in [-0.3, -0.25) is 0 Å². The number of benzene rings is 1. The summed E-state index contributed by atoms with van der Waals surface area (Å²) in [5.74, 6) is 1.73. The first-order valence-electron chi connectivity index (χ1n) is 6.82. The molecule has 1 aliphatic rings. The molecule has 0 aromatic heterocycles. The van der Waals surface area contributed by atoms with Crippen LogP contribution in [0.3, 0.4) is 0 Å². The summed E-state index contributed by atoms with van der Waals surface area (Å²) in [6, 6.07) is 8.30. The van der Waals surface area contributed by atoms with E-state index in [4.69, 9.17) is 14.7 Å². The fourth-order valence-electron chi connectivity index (χ4n) is 1.99. The van der Waals surface area contributed by atoms with Crippen molar-refractivity contribution in [2.45, 2.75) is 26.3 Å². The predicted molar refractivity (Wildman–Crippen MR) is 73.1 cm³/mol. The van der Waals surface area contributed by atoms with Gasteiger partial charge in [-0.25, -0.2) is 0 Å². The van der Waals surface area contributed by atoms with Crippen molar-refractivity contribution < 1.29 is 9.47 Å². The summed E-state index contributed by atoms with van der Waals surface area (Å²) in [4.78, 5) is 0. The van der Waals surface area contributed by atoms with Crippen LogP contribution in [0.4, 0.5) is 0 Å². The van der Waals surface area contributed by atoms with Crippen LogP contribution < -0.4 is 14.8 Å². The lowest BCUT2D eigenvalue weighted by Crippen LogP contribution is -2.21. The van der Waals surface area contributed by atoms with Gasteiger partial charge in [-0.15, -0.1) is 0 Å². The molecule has 1 atom stereocenters. The second kappa shape index (κ2) is 7.01. The van der Waals surface area contributed by atoms with E-state index >= 15 is 0 Å². The maximum Gasteiger partial charge on any atom is 0.161 e. The third-order valence-electron chi connectivity index (χ3n) is 3.21. The molecular weight excluding hydrogens is 240 g/mol. The van der Waals surface area contributed by atoms with Crippen molar-refractivity contribution in [1.82, 2.24) is 5.32 Å². The minimum Gasteiger partial charge on any atom is -0.490 e. The van der Waals surface area contributed by atoms with Crippen LogP contribution in [0.5, 0.6) is 11.5 Å². The second-order valence-corrected chi connectivity index (χ2v) is 4.70. The topological polar surface area (TPSA) is 54.3 Å². The van der Waals surface area contributed by atoms with Crippen LogP contribution in [0.15, 0.2) is 18.2 Å². The number of ether oxygens (including phenoxy) is 2. The van der Waals surface area contributed by atoms with Crippen LogP contribution in [0.1, 0.15) is 25.3 Å². The highest BCUT2D eigenvalue weighted by Crippen LogP contribution is 2.30. The van der Waals surface area contributed by atoms with Gasteiger partial charge in [-0.2, -0.15) is 5.26 Å². The van der Waals surface area contributed by atoms with E-state index in [2.05, 4.69) is 11.4 Å². The largest absolute Gasteiger partial charge is 0.490 e. The maximum absolute atomic E-state index is 8.89. The number of hydrogen-bond acceptors (Lipinski definition) is 4. The Hall–Kier alpha value is -1.73. The van der Waals surface area contributed by atoms with Crippen molar-refractivity contribution in [2.75, 3.05) is 19.8 Å². The molecule has 0 bridgehead atoms. The fraction of sp³-hybridized carbons (Fsp3) is 0.533. The third-order valence-corrected chi connectivity index (χ3v) is 3.21. The van der Waals surface area contributed by atoms with Crippen LogP contribution in [-0.2, 0) is 6.54 Å². The second-order valence-electron chi connectivity index (χ2n) is 4.70. The average molecular weight is 260 g/mol. The van der Waals surface area contributed by atoms with Gasteiger partial charge >= 0.3 is 0 Å². The molecule has 102 valence electrons. The highest BCUT2D eigenvalue weighted by atomic mass is 16.5. The van der Waals surface area contributed by atoms with Crippen molar-refractivity contribution in [2.24, 2.45) is 5.92 Å². The molecule has 1 aromatic rings. The lowest BCUT2D eigenvalue weighted by Gasteiger charge is -2.11. The first-order valence-corrected chi connectivity index (χ1v) is 6.82. The Balaban J connectivity index is 1.91. The van der Waals surface area contributed by atoms with Gasteiger partial charge in [0.25, 0.3) is 0 Å². The Bertz CT molecular complexity index is 454. The highest BCUT2D eigenvalue weighted by Gasteiger charge is 2.10. The Morgan fingerprint density at radius 3 is 2.84 bits per heavy atom. The van der Waals surface area contributed by atoms with Crippen molar-refractivity contribution in [3.8, 4) is 17.6 Å². The smallest absolute Gasteiger partial charge is 0.161 e. The van der Waals surface area contributed by atoms with E-state index in [0.717, 1.165) is 43.0 Å². The molecule has 0 saturated carbocycles. The fourth-order valence-corrected chi connectivity index (χ4v) is 1.99. The number of rotatable bonds is 5. The molecule has 2 rings (SSSR count). The van der Waals surface area contributed by atoms with E-state index in [1.54, 1.807) is 0 Å². The zero-order valence-electron chi connectivity index (χ0n) is 11.3. The quantitative estimate of drug-likeness (QED) is 0.883. The third kappa shape index (κ3) is 3.87. The molecule has 4 heteroatoms. The van der Waals surface area contributed by atoms with E-state index in [9.17, 15) is 0 Å². The minimum absolute atomic E-state index is 0.0837. The Morgan fingerprint density at radius 2 is 2.11 bits per heavy atom. The molecule has 19 heavy (non-hydrogen) atoms. The van der Waals surface area contributed by atoms with Gasteiger partial charge in [0.05, 0.1) is 25.2 Å². The lowest BCUT2D eigenvalue weighted by atomic mass is 10.1. The zero-order valence-corrected chi connectivity index (χ0v) is 11.3. The van der Waals surface area contributed by atoms with E-state index in [1.165, 1.54) is 0 Å². The van der Waals surface area contributed by atoms with Crippen LogP contribution >= 0.6 is 0 Å². The average Bonchev–Trinajstić information content (AvgIpc) is 2.68. The van der Waals surface area contributed by atoms with Gasteiger partial charge in [0, 0.05) is 19.5 Å². The van der Waals surface area contributed by atoms with Gasteiger partial charge in [-0.05, 0) is 24.1 Å². The first kappa shape index (κ1) is 13.7. The predicted octanol–water partition coefficient (Wildman–Crippen LogP) is 2.49. The molecule has 0 saturated heterocycles. The molecule has 1 N–H and O–H groups in total. The lowest BCUT2D eigenvalue weighted by molar-refractivity contribution is 0.297. The number of nitriles is 1. The molecule has 1 unspecified atom stereocenters. The molecule has 0 fully saturated rings. The standard InChI is InChI=1S/C15H20N2O2/c1-2-12(9-16)10-17-11-13-4-5-14-15(8-13)19-7-3-6-18-14/h4-5,8,12,17H,2-3,6-7,10-11H2,1H3. The molecular formula is C15H20N2O2. The summed E-state index contributed by atoms with van der Waals surface area (Å²) < 4.78 is 11.2. The van der Waals surface area contributed by atoms with Gasteiger partial charge < -0.3 is 14.8 Å². The zero-order chi connectivity index (χ0) is 13.5. The molecule has 1 heterocycles. The molecule has 0 radical (unpaired) electrons. The summed E-state index contributed by atoms with van der Waals surface area (Å²) in [7, 11) is 0. The SMILES string of the molecule is CCC(C#N)CNCc1ccc2c(c1)OCCCO2. The van der Waals surface area contributed by atoms with E-state index in [-0.39, 0.29) is 5.92 Å². The normalized spacial score (nSPS) is 15.4. The van der Waals surface area contributed by atoms with E-state index < -0.39 is 0 Å². The molecule has 0 aliphatic carbocycles. The van der Waals surface area contributed by atoms with Gasteiger partial charge in [0.1, 0.15) is 0 Å². The van der Waals surface area contributed by atoms with Gasteiger partial charge in [0.2, 0.25) is 0 Å². The number of nitrogens with one attached hydrogen (secondary N) is 1. The van der Waals surface area contributed by atoms with Gasteiger partial charge in [-0.1, -0.05) is 13.0 Å². The molecule has 4 nitrogen and oxygen atoms in total.